The van der Waals surface area contributed by atoms with E-state index in [-0.39, 0.29) is 52.5 Å². The number of ether oxygens (including phenoxy) is 1. The average molecular weight is 563 g/mol. The minimum Gasteiger partial charge on any atom is -0.458 e. The number of hydrogen-bond donors (Lipinski definition) is 1. The summed E-state index contributed by atoms with van der Waals surface area (Å²) < 4.78 is 6.03. The number of hydrogen-bond acceptors (Lipinski definition) is 4. The highest BCUT2D eigenvalue weighted by atomic mass is 16.5. The Kier molecular flexibility index (Phi) is 8.65. The molecule has 4 heteroatoms. The first kappa shape index (κ1) is 30.5. The maximum Gasteiger partial charge on any atom is 0.338 e. The van der Waals surface area contributed by atoms with Crippen molar-refractivity contribution in [2.45, 2.75) is 112 Å². The van der Waals surface area contributed by atoms with Crippen molar-refractivity contribution >= 4 is 11.8 Å². The molecule has 0 spiro atoms. The van der Waals surface area contributed by atoms with Crippen LogP contribution >= 0.6 is 0 Å². The third kappa shape index (κ3) is 5.25. The third-order valence-electron chi connectivity index (χ3n) is 12.9. The molecule has 11 atom stereocenters. The van der Waals surface area contributed by atoms with Crippen LogP contribution in [0, 0.1) is 58.2 Å². The van der Waals surface area contributed by atoms with E-state index in [4.69, 9.17) is 4.74 Å². The molecular weight excluding hydrogens is 508 g/mol. The van der Waals surface area contributed by atoms with E-state index in [1.54, 1.807) is 12.1 Å². The number of rotatable bonds is 8. The van der Waals surface area contributed by atoms with Gasteiger partial charge in [0.25, 0.3) is 0 Å². The molecule has 1 N–H and O–H groups in total. The Morgan fingerprint density at radius 1 is 1.00 bits per heavy atom. The lowest BCUT2D eigenvalue weighted by Crippen LogP contribution is -2.56. The van der Waals surface area contributed by atoms with Gasteiger partial charge in [-0.3, -0.25) is 4.79 Å². The van der Waals surface area contributed by atoms with Crippen LogP contribution in [0.2, 0.25) is 0 Å². The molecule has 0 amide bonds. The van der Waals surface area contributed by atoms with Gasteiger partial charge >= 0.3 is 5.97 Å². The van der Waals surface area contributed by atoms with Crippen molar-refractivity contribution in [3.8, 4) is 0 Å². The SMILES string of the molecule is CC[C@H](C[C@H](O)[C@@H](C)[C@@H]1CC[C@@H]2C3=CC(=O)[C@@H]4[C@H](C)[C@H](OC(=O)c5ccccc5)CC[C@]4(C)[C@@H]3CC[C@]21C)C(C)C. The first-order valence-electron chi connectivity index (χ1n) is 16.6. The Balaban J connectivity index is 1.34. The van der Waals surface area contributed by atoms with Crippen LogP contribution in [0.4, 0.5) is 0 Å². The zero-order chi connectivity index (χ0) is 29.7. The summed E-state index contributed by atoms with van der Waals surface area (Å²) in [6.45, 7) is 16.1. The summed E-state index contributed by atoms with van der Waals surface area (Å²) in [6, 6.07) is 9.19. The second-order valence-corrected chi connectivity index (χ2v) is 15.1. The maximum atomic E-state index is 14.0. The van der Waals surface area contributed by atoms with Crippen molar-refractivity contribution in [1.82, 2.24) is 0 Å². The number of aliphatic hydroxyl groups is 1. The van der Waals surface area contributed by atoms with Crippen molar-refractivity contribution in [1.29, 1.82) is 0 Å². The fourth-order valence-electron chi connectivity index (χ4n) is 10.4. The fraction of sp³-hybridized carbons (Fsp3) is 0.730. The van der Waals surface area contributed by atoms with Gasteiger partial charge in [0.1, 0.15) is 6.10 Å². The molecule has 0 heterocycles. The topological polar surface area (TPSA) is 63.6 Å². The maximum absolute atomic E-state index is 14.0. The Morgan fingerprint density at radius 3 is 2.32 bits per heavy atom. The van der Waals surface area contributed by atoms with E-state index < -0.39 is 0 Å². The predicted octanol–water partition coefficient (Wildman–Crippen LogP) is 8.29. The number of benzene rings is 1. The standard InChI is InChI=1S/C37H54O4/c1-8-25(22(2)3)20-31(38)23(4)28-14-15-29-27-21-32(39)34-24(5)33(41-35(40)26-12-10-9-11-13-26)17-19-37(34,7)30(27)16-18-36(28,29)6/h9-13,21-25,28-31,33-34,38H,8,14-20H2,1-7H3/t23-,24+,25+,28-,29+,30+,31-,33+,34-,36-,37+/m0/s1. The van der Waals surface area contributed by atoms with Crippen LogP contribution in [0.5, 0.6) is 0 Å². The molecule has 0 aliphatic heterocycles. The molecule has 4 aliphatic rings. The Morgan fingerprint density at radius 2 is 1.66 bits per heavy atom. The van der Waals surface area contributed by atoms with E-state index in [2.05, 4.69) is 48.5 Å². The smallest absolute Gasteiger partial charge is 0.338 e. The van der Waals surface area contributed by atoms with Gasteiger partial charge in [-0.25, -0.2) is 4.79 Å². The lowest BCUT2D eigenvalue weighted by molar-refractivity contribution is -0.140. The molecule has 3 fully saturated rings. The van der Waals surface area contributed by atoms with Crippen LogP contribution in [-0.4, -0.2) is 29.1 Å². The van der Waals surface area contributed by atoms with E-state index in [1.165, 1.54) is 12.0 Å². The van der Waals surface area contributed by atoms with Crippen LogP contribution in [0.15, 0.2) is 42.0 Å². The Labute approximate surface area is 248 Å². The fourth-order valence-corrected chi connectivity index (χ4v) is 10.4. The third-order valence-corrected chi connectivity index (χ3v) is 12.9. The number of ketones is 1. The van der Waals surface area contributed by atoms with Gasteiger partial charge in [-0.1, -0.05) is 78.7 Å². The van der Waals surface area contributed by atoms with E-state index in [0.717, 1.165) is 44.9 Å². The van der Waals surface area contributed by atoms with Crippen molar-refractivity contribution < 1.29 is 19.4 Å². The number of carbonyl (C=O) groups excluding carboxylic acids is 2. The summed E-state index contributed by atoms with van der Waals surface area (Å²) >= 11 is 0. The van der Waals surface area contributed by atoms with Crippen molar-refractivity contribution in [2.24, 2.45) is 58.2 Å². The molecule has 0 saturated heterocycles. The van der Waals surface area contributed by atoms with Crippen molar-refractivity contribution in [2.75, 3.05) is 0 Å². The number of fused-ring (bicyclic) bond motifs is 5. The monoisotopic (exact) mass is 562 g/mol. The molecule has 5 rings (SSSR count). The molecule has 0 bridgehead atoms. The highest BCUT2D eigenvalue weighted by molar-refractivity contribution is 5.95. The van der Waals surface area contributed by atoms with Gasteiger partial charge in [0.15, 0.2) is 5.78 Å². The van der Waals surface area contributed by atoms with Gasteiger partial charge in [0.2, 0.25) is 0 Å². The second-order valence-electron chi connectivity index (χ2n) is 15.1. The van der Waals surface area contributed by atoms with E-state index in [9.17, 15) is 14.7 Å². The van der Waals surface area contributed by atoms with Gasteiger partial charge in [-0.05, 0) is 109 Å². The van der Waals surface area contributed by atoms with E-state index in [0.29, 0.717) is 35.2 Å². The van der Waals surface area contributed by atoms with Crippen molar-refractivity contribution in [3.05, 3.63) is 47.5 Å². The molecule has 0 aromatic heterocycles. The molecule has 226 valence electrons. The highest BCUT2D eigenvalue weighted by Crippen LogP contribution is 2.67. The van der Waals surface area contributed by atoms with Crippen LogP contribution in [0.25, 0.3) is 0 Å². The van der Waals surface area contributed by atoms with Crippen LogP contribution in [0.1, 0.15) is 110 Å². The van der Waals surface area contributed by atoms with Crippen molar-refractivity contribution in [3.63, 3.8) is 0 Å². The lowest BCUT2D eigenvalue weighted by Gasteiger charge is -2.58. The summed E-state index contributed by atoms with van der Waals surface area (Å²) in [7, 11) is 0. The quantitative estimate of drug-likeness (QED) is 0.324. The van der Waals surface area contributed by atoms with Gasteiger partial charge in [-0.15, -0.1) is 0 Å². The molecule has 1 aromatic carbocycles. The zero-order valence-electron chi connectivity index (χ0n) is 26.6. The summed E-state index contributed by atoms with van der Waals surface area (Å²) in [6.07, 6.45) is 9.84. The number of allylic oxidation sites excluding steroid dienone is 2. The first-order valence-corrected chi connectivity index (χ1v) is 16.6. The minimum absolute atomic E-state index is 0.000938. The number of carbonyl (C=O) groups is 2. The Hall–Kier alpha value is -1.94. The van der Waals surface area contributed by atoms with Crippen LogP contribution in [-0.2, 0) is 9.53 Å². The summed E-state index contributed by atoms with van der Waals surface area (Å²) in [5.74, 6) is 2.61. The molecule has 4 aliphatic carbocycles. The average Bonchev–Trinajstić information content (AvgIpc) is 3.30. The summed E-state index contributed by atoms with van der Waals surface area (Å²) in [5, 5.41) is 11.4. The Bertz CT molecular complexity index is 1140. The molecular formula is C37H54O4. The lowest BCUT2D eigenvalue weighted by atomic mass is 9.46. The molecule has 1 aromatic rings. The van der Waals surface area contributed by atoms with Gasteiger partial charge < -0.3 is 9.84 Å². The van der Waals surface area contributed by atoms with Crippen LogP contribution < -0.4 is 0 Å². The van der Waals surface area contributed by atoms with E-state index in [1.807, 2.05) is 24.3 Å². The highest BCUT2D eigenvalue weighted by Gasteiger charge is 2.61. The largest absolute Gasteiger partial charge is 0.458 e. The normalized spacial score (nSPS) is 38.8. The second kappa shape index (κ2) is 11.6. The van der Waals surface area contributed by atoms with Gasteiger partial charge in [-0.2, -0.15) is 0 Å². The zero-order valence-corrected chi connectivity index (χ0v) is 26.6. The predicted molar refractivity (Wildman–Crippen MR) is 164 cm³/mol. The molecule has 41 heavy (non-hydrogen) atoms. The molecule has 3 saturated carbocycles. The minimum atomic E-state index is -0.286. The molecule has 4 nitrogen and oxygen atoms in total. The van der Waals surface area contributed by atoms with E-state index >= 15 is 0 Å². The number of aliphatic hydroxyl groups excluding tert-OH is 1. The molecule has 0 unspecified atom stereocenters. The summed E-state index contributed by atoms with van der Waals surface area (Å²) in [4.78, 5) is 26.9. The first-order chi connectivity index (χ1) is 19.4. The number of esters is 1. The van der Waals surface area contributed by atoms with Gasteiger partial charge in [0, 0.05) is 11.8 Å². The summed E-state index contributed by atoms with van der Waals surface area (Å²) in [5.41, 5.74) is 2.03. The molecule has 0 radical (unpaired) electrons. The van der Waals surface area contributed by atoms with Crippen LogP contribution in [0.3, 0.4) is 0 Å². The van der Waals surface area contributed by atoms with Gasteiger partial charge in [0.05, 0.1) is 11.7 Å².